The van der Waals surface area contributed by atoms with Crippen LogP contribution in [-0.2, 0) is 0 Å². The molecule has 0 saturated heterocycles. The van der Waals surface area contributed by atoms with Crippen LogP contribution in [0.2, 0.25) is 0 Å². The summed E-state index contributed by atoms with van der Waals surface area (Å²) in [7, 11) is 0. The minimum atomic E-state index is 0.169. The topological polar surface area (TPSA) is 30.5 Å². The summed E-state index contributed by atoms with van der Waals surface area (Å²) in [5.41, 5.74) is 1.41. The highest BCUT2D eigenvalue weighted by Gasteiger charge is 2.31. The number of nitrogens with one attached hydrogen (secondary N) is 1. The normalized spacial score (nSPS) is 16.1. The van der Waals surface area contributed by atoms with E-state index in [9.17, 15) is 0 Å². The summed E-state index contributed by atoms with van der Waals surface area (Å²) in [6.45, 7) is 11.1. The number of halogens is 1. The van der Waals surface area contributed by atoms with Crippen molar-refractivity contribution in [3.8, 4) is 11.5 Å². The summed E-state index contributed by atoms with van der Waals surface area (Å²) in [6, 6.07) is 4.42. The van der Waals surface area contributed by atoms with Gasteiger partial charge in [0.25, 0.3) is 0 Å². The number of rotatable bonds is 5. The lowest BCUT2D eigenvalue weighted by molar-refractivity contribution is 0.170. The lowest BCUT2D eigenvalue weighted by Gasteiger charge is -2.35. The molecule has 1 atom stereocenters. The fourth-order valence-corrected chi connectivity index (χ4v) is 3.07. The average molecular weight is 342 g/mol. The lowest BCUT2D eigenvalue weighted by Crippen LogP contribution is -2.34. The predicted molar refractivity (Wildman–Crippen MR) is 85.6 cm³/mol. The predicted octanol–water partition coefficient (Wildman–Crippen LogP) is 4.31. The first kappa shape index (κ1) is 15.6. The molecular formula is C16H24BrNO2. The van der Waals surface area contributed by atoms with Crippen LogP contribution < -0.4 is 14.8 Å². The highest BCUT2D eigenvalue weighted by molar-refractivity contribution is 9.10. The molecule has 0 saturated carbocycles. The molecule has 0 bridgehead atoms. The molecular weight excluding hydrogens is 318 g/mol. The van der Waals surface area contributed by atoms with Gasteiger partial charge in [-0.2, -0.15) is 0 Å². The van der Waals surface area contributed by atoms with E-state index >= 15 is 0 Å². The first-order valence-electron chi connectivity index (χ1n) is 7.32. The van der Waals surface area contributed by atoms with Gasteiger partial charge in [-0.25, -0.2) is 0 Å². The molecule has 0 aliphatic carbocycles. The summed E-state index contributed by atoms with van der Waals surface area (Å²) in [4.78, 5) is 0. The highest BCUT2D eigenvalue weighted by atomic mass is 79.9. The van der Waals surface area contributed by atoms with Crippen LogP contribution in [0.5, 0.6) is 11.5 Å². The van der Waals surface area contributed by atoms with Crippen molar-refractivity contribution in [2.24, 2.45) is 5.41 Å². The van der Waals surface area contributed by atoms with Crippen LogP contribution in [0.3, 0.4) is 0 Å². The van der Waals surface area contributed by atoms with Crippen LogP contribution in [0.1, 0.15) is 45.7 Å². The van der Waals surface area contributed by atoms with Gasteiger partial charge in [0.1, 0.15) is 13.2 Å². The van der Waals surface area contributed by atoms with Gasteiger partial charge in [0.15, 0.2) is 11.5 Å². The molecule has 0 fully saturated rings. The third-order valence-electron chi connectivity index (χ3n) is 4.07. The molecule has 20 heavy (non-hydrogen) atoms. The van der Waals surface area contributed by atoms with Gasteiger partial charge in [-0.1, -0.05) is 43.6 Å². The zero-order chi connectivity index (χ0) is 14.8. The molecule has 1 heterocycles. The van der Waals surface area contributed by atoms with Crippen molar-refractivity contribution < 1.29 is 9.47 Å². The smallest absolute Gasteiger partial charge is 0.162 e. The van der Waals surface area contributed by atoms with Crippen molar-refractivity contribution in [1.82, 2.24) is 5.32 Å². The van der Waals surface area contributed by atoms with E-state index in [1.807, 2.05) is 6.07 Å². The van der Waals surface area contributed by atoms with E-state index in [1.54, 1.807) is 0 Å². The molecule has 112 valence electrons. The van der Waals surface area contributed by atoms with E-state index in [2.05, 4.69) is 55.0 Å². The van der Waals surface area contributed by atoms with Crippen molar-refractivity contribution in [2.75, 3.05) is 19.8 Å². The molecule has 1 aromatic rings. The molecule has 0 amide bonds. The number of hydrogen-bond acceptors (Lipinski definition) is 3. The van der Waals surface area contributed by atoms with Gasteiger partial charge in [-0.05, 0) is 36.1 Å². The quantitative estimate of drug-likeness (QED) is 0.865. The zero-order valence-electron chi connectivity index (χ0n) is 12.8. The Kier molecular flexibility index (Phi) is 4.97. The average Bonchev–Trinajstić information content (AvgIpc) is 2.44. The third kappa shape index (κ3) is 3.12. The van der Waals surface area contributed by atoms with E-state index in [1.165, 1.54) is 5.56 Å². The number of benzene rings is 1. The van der Waals surface area contributed by atoms with Gasteiger partial charge in [-0.3, -0.25) is 0 Å². The van der Waals surface area contributed by atoms with Gasteiger partial charge >= 0.3 is 0 Å². The minimum absolute atomic E-state index is 0.169. The van der Waals surface area contributed by atoms with Gasteiger partial charge in [0.05, 0.1) is 0 Å². The molecule has 0 radical (unpaired) electrons. The molecule has 1 unspecified atom stereocenters. The largest absolute Gasteiger partial charge is 0.486 e. The third-order valence-corrected chi connectivity index (χ3v) is 4.76. The first-order chi connectivity index (χ1) is 9.49. The molecule has 0 spiro atoms. The maximum Gasteiger partial charge on any atom is 0.162 e. The monoisotopic (exact) mass is 341 g/mol. The van der Waals surface area contributed by atoms with Crippen LogP contribution >= 0.6 is 15.9 Å². The van der Waals surface area contributed by atoms with Gasteiger partial charge in [0, 0.05) is 10.5 Å². The van der Waals surface area contributed by atoms with Crippen LogP contribution in [0.4, 0.5) is 0 Å². The second-order valence-electron chi connectivity index (χ2n) is 5.85. The first-order valence-corrected chi connectivity index (χ1v) is 8.11. The van der Waals surface area contributed by atoms with Crippen molar-refractivity contribution in [3.63, 3.8) is 0 Å². The molecule has 1 N–H and O–H groups in total. The summed E-state index contributed by atoms with van der Waals surface area (Å²) >= 11 is 3.69. The summed E-state index contributed by atoms with van der Waals surface area (Å²) in [5.74, 6) is 1.68. The van der Waals surface area contributed by atoms with E-state index < -0.39 is 0 Å². The Bertz CT molecular complexity index is 474. The molecule has 3 nitrogen and oxygen atoms in total. The summed E-state index contributed by atoms with van der Waals surface area (Å²) in [6.07, 6.45) is 1.10. The van der Waals surface area contributed by atoms with Crippen LogP contribution in [-0.4, -0.2) is 19.8 Å². The van der Waals surface area contributed by atoms with Crippen molar-refractivity contribution in [2.45, 2.75) is 40.2 Å². The van der Waals surface area contributed by atoms with Crippen LogP contribution in [0, 0.1) is 5.41 Å². The van der Waals surface area contributed by atoms with Gasteiger partial charge < -0.3 is 14.8 Å². The van der Waals surface area contributed by atoms with Crippen molar-refractivity contribution in [1.29, 1.82) is 0 Å². The van der Waals surface area contributed by atoms with E-state index in [0.717, 1.165) is 28.9 Å². The van der Waals surface area contributed by atoms with E-state index in [0.29, 0.717) is 13.2 Å². The molecule has 4 heteroatoms. The van der Waals surface area contributed by atoms with Gasteiger partial charge in [0.2, 0.25) is 0 Å². The van der Waals surface area contributed by atoms with Crippen molar-refractivity contribution >= 4 is 15.9 Å². The Morgan fingerprint density at radius 1 is 1.20 bits per heavy atom. The number of fused-ring (bicyclic) bond motifs is 1. The SMILES string of the molecule is CCNC(c1cc2c(cc1Br)OCCO2)C(C)(C)CC. The molecule has 2 rings (SSSR count). The van der Waals surface area contributed by atoms with Crippen molar-refractivity contribution in [3.05, 3.63) is 22.2 Å². The van der Waals surface area contributed by atoms with Crippen LogP contribution in [0.15, 0.2) is 16.6 Å². The maximum atomic E-state index is 5.72. The molecule has 1 aliphatic heterocycles. The van der Waals surface area contributed by atoms with Gasteiger partial charge in [-0.15, -0.1) is 0 Å². The Morgan fingerprint density at radius 3 is 2.35 bits per heavy atom. The zero-order valence-corrected chi connectivity index (χ0v) is 14.3. The lowest BCUT2D eigenvalue weighted by atomic mass is 9.78. The molecule has 1 aromatic carbocycles. The Labute approximate surface area is 130 Å². The molecule has 0 aromatic heterocycles. The minimum Gasteiger partial charge on any atom is -0.486 e. The second kappa shape index (κ2) is 6.35. The number of hydrogen-bond donors (Lipinski definition) is 1. The summed E-state index contributed by atoms with van der Waals surface area (Å²) < 4.78 is 12.4. The second-order valence-corrected chi connectivity index (χ2v) is 6.70. The molecule has 1 aliphatic rings. The number of ether oxygens (including phenoxy) is 2. The Morgan fingerprint density at radius 2 is 1.80 bits per heavy atom. The fourth-order valence-electron chi connectivity index (χ4n) is 2.52. The van der Waals surface area contributed by atoms with E-state index in [-0.39, 0.29) is 11.5 Å². The van der Waals surface area contributed by atoms with Crippen LogP contribution in [0.25, 0.3) is 0 Å². The maximum absolute atomic E-state index is 5.72. The highest BCUT2D eigenvalue weighted by Crippen LogP contribution is 2.43. The fraction of sp³-hybridized carbons (Fsp3) is 0.625. The summed E-state index contributed by atoms with van der Waals surface area (Å²) in [5, 5.41) is 3.61. The Hall–Kier alpha value is -0.740. The van der Waals surface area contributed by atoms with E-state index in [4.69, 9.17) is 9.47 Å². The Balaban J connectivity index is 2.42. The standard InChI is InChI=1S/C16H24BrNO2/c1-5-16(3,4)15(18-6-2)11-9-13-14(10-12(11)17)20-8-7-19-13/h9-10,15,18H,5-8H2,1-4H3.